The van der Waals surface area contributed by atoms with Crippen molar-refractivity contribution in [3.63, 3.8) is 0 Å². The number of aliphatic hydroxyl groups excluding tert-OH is 1. The van der Waals surface area contributed by atoms with Gasteiger partial charge in [0.2, 0.25) is 0 Å². The number of amides is 1. The van der Waals surface area contributed by atoms with Crippen LogP contribution in [0, 0.1) is 6.92 Å². The number of nitrogens with zero attached hydrogens (tertiary/aromatic N) is 1. The topological polar surface area (TPSA) is 61.8 Å². The molecule has 2 N–H and O–H groups in total. The van der Waals surface area contributed by atoms with Crippen LogP contribution in [-0.4, -0.2) is 41.7 Å². The Balaban J connectivity index is 1.67. The number of rotatable bonds is 8. The fourth-order valence-corrected chi connectivity index (χ4v) is 4.36. The van der Waals surface area contributed by atoms with E-state index in [1.807, 2.05) is 24.3 Å². The molecular weight excluding hydrogens is 386 g/mol. The zero-order valence-electron chi connectivity index (χ0n) is 15.7. The first-order valence-corrected chi connectivity index (χ1v) is 10.0. The van der Waals surface area contributed by atoms with Gasteiger partial charge in [0.25, 0.3) is 5.91 Å². The molecule has 0 unspecified atom stereocenters. The van der Waals surface area contributed by atoms with E-state index >= 15 is 0 Å². The number of nitrogens with one attached hydrogen (secondary N) is 1. The SMILES string of the molecule is Cc1cc(OC(F)F)c(C(=O)NCc2ccccc2CN2CCC[C@@H]2CO)s1. The average molecular weight is 410 g/mol. The lowest BCUT2D eigenvalue weighted by atomic mass is 10.1. The monoisotopic (exact) mass is 410 g/mol. The van der Waals surface area contributed by atoms with E-state index in [0.717, 1.165) is 46.7 Å². The fourth-order valence-electron chi connectivity index (χ4n) is 3.50. The first-order chi connectivity index (χ1) is 13.5. The minimum atomic E-state index is -2.97. The first kappa shape index (κ1) is 20.7. The van der Waals surface area contributed by atoms with Crippen LogP contribution in [0.25, 0.3) is 0 Å². The summed E-state index contributed by atoms with van der Waals surface area (Å²) in [5.41, 5.74) is 2.04. The molecule has 2 aromatic rings. The number of hydrogen-bond donors (Lipinski definition) is 2. The summed E-state index contributed by atoms with van der Waals surface area (Å²) in [5.74, 6) is -0.524. The summed E-state index contributed by atoms with van der Waals surface area (Å²) in [7, 11) is 0. The second-order valence-electron chi connectivity index (χ2n) is 6.83. The van der Waals surface area contributed by atoms with E-state index < -0.39 is 12.5 Å². The number of carbonyl (C=O) groups excluding carboxylic acids is 1. The van der Waals surface area contributed by atoms with Gasteiger partial charge < -0.3 is 15.2 Å². The second kappa shape index (κ2) is 9.45. The van der Waals surface area contributed by atoms with Gasteiger partial charge in [0.15, 0.2) is 0 Å². The largest absolute Gasteiger partial charge is 0.433 e. The highest BCUT2D eigenvalue weighted by atomic mass is 32.1. The van der Waals surface area contributed by atoms with Gasteiger partial charge in [-0.3, -0.25) is 9.69 Å². The molecule has 1 aromatic carbocycles. The number of halogens is 2. The molecule has 0 aliphatic carbocycles. The van der Waals surface area contributed by atoms with Crippen LogP contribution < -0.4 is 10.1 Å². The molecule has 1 aliphatic rings. The van der Waals surface area contributed by atoms with E-state index in [0.29, 0.717) is 6.54 Å². The molecule has 8 heteroatoms. The molecule has 1 aromatic heterocycles. The molecular formula is C20H24F2N2O3S. The highest BCUT2D eigenvalue weighted by Gasteiger charge is 2.24. The molecule has 1 amide bonds. The maximum absolute atomic E-state index is 12.6. The maximum Gasteiger partial charge on any atom is 0.387 e. The van der Waals surface area contributed by atoms with Crippen LogP contribution in [0.3, 0.4) is 0 Å². The highest BCUT2D eigenvalue weighted by Crippen LogP contribution is 2.30. The van der Waals surface area contributed by atoms with Gasteiger partial charge in [0, 0.05) is 24.0 Å². The molecule has 0 saturated carbocycles. The molecule has 0 bridgehead atoms. The molecule has 3 rings (SSSR count). The van der Waals surface area contributed by atoms with Crippen molar-refractivity contribution in [1.29, 1.82) is 0 Å². The minimum absolute atomic E-state index is 0.0915. The van der Waals surface area contributed by atoms with Gasteiger partial charge in [0.05, 0.1) is 6.61 Å². The number of alkyl halides is 2. The van der Waals surface area contributed by atoms with Crippen molar-refractivity contribution in [3.05, 3.63) is 51.2 Å². The quantitative estimate of drug-likeness (QED) is 0.699. The van der Waals surface area contributed by atoms with Crippen molar-refractivity contribution in [3.8, 4) is 5.75 Å². The molecule has 0 radical (unpaired) electrons. The van der Waals surface area contributed by atoms with E-state index in [1.165, 1.54) is 6.07 Å². The summed E-state index contributed by atoms with van der Waals surface area (Å²) in [6, 6.07) is 9.42. The van der Waals surface area contributed by atoms with Crippen LogP contribution in [-0.2, 0) is 13.1 Å². The van der Waals surface area contributed by atoms with Crippen molar-refractivity contribution in [2.24, 2.45) is 0 Å². The number of ether oxygens (including phenoxy) is 1. The lowest BCUT2D eigenvalue weighted by molar-refractivity contribution is -0.0498. The number of aliphatic hydroxyl groups is 1. The smallest absolute Gasteiger partial charge is 0.387 e. The Kier molecular flexibility index (Phi) is 6.98. The summed E-state index contributed by atoms with van der Waals surface area (Å²) < 4.78 is 29.6. The maximum atomic E-state index is 12.6. The summed E-state index contributed by atoms with van der Waals surface area (Å²) in [5, 5.41) is 12.3. The van der Waals surface area contributed by atoms with Gasteiger partial charge in [-0.25, -0.2) is 0 Å². The third-order valence-electron chi connectivity index (χ3n) is 4.88. The number of thiophene rings is 1. The predicted molar refractivity (Wildman–Crippen MR) is 104 cm³/mol. The van der Waals surface area contributed by atoms with Crippen LogP contribution in [0.15, 0.2) is 30.3 Å². The van der Waals surface area contributed by atoms with Crippen molar-refractivity contribution >= 4 is 17.2 Å². The van der Waals surface area contributed by atoms with Crippen LogP contribution in [0.1, 0.15) is 38.5 Å². The first-order valence-electron chi connectivity index (χ1n) is 9.23. The highest BCUT2D eigenvalue weighted by molar-refractivity contribution is 7.14. The van der Waals surface area contributed by atoms with Crippen LogP contribution in [0.5, 0.6) is 5.75 Å². The summed E-state index contributed by atoms with van der Waals surface area (Å²) in [6.07, 6.45) is 2.05. The Labute approximate surface area is 166 Å². The molecule has 1 saturated heterocycles. The van der Waals surface area contributed by atoms with E-state index in [2.05, 4.69) is 15.0 Å². The molecule has 0 spiro atoms. The van der Waals surface area contributed by atoms with Gasteiger partial charge in [-0.1, -0.05) is 24.3 Å². The molecule has 2 heterocycles. The standard InChI is InChI=1S/C20H24F2N2O3S/c1-13-9-17(27-20(21)22)18(28-13)19(26)23-10-14-5-2-3-6-15(14)11-24-8-4-7-16(24)12-25/h2-3,5-6,9,16,20,25H,4,7-8,10-12H2,1H3,(H,23,26)/t16-/m1/s1. The molecule has 5 nitrogen and oxygen atoms in total. The minimum Gasteiger partial charge on any atom is -0.433 e. The Bertz CT molecular complexity index is 812. The summed E-state index contributed by atoms with van der Waals surface area (Å²) in [6.45, 7) is 0.842. The molecule has 1 atom stereocenters. The third kappa shape index (κ3) is 5.06. The van der Waals surface area contributed by atoms with Crippen molar-refractivity contribution in [2.75, 3.05) is 13.2 Å². The van der Waals surface area contributed by atoms with Crippen LogP contribution in [0.2, 0.25) is 0 Å². The number of benzene rings is 1. The average Bonchev–Trinajstić information content (AvgIpc) is 3.26. The molecule has 152 valence electrons. The normalized spacial score (nSPS) is 17.2. The lowest BCUT2D eigenvalue weighted by Crippen LogP contribution is -2.32. The number of aryl methyl sites for hydroxylation is 1. The van der Waals surface area contributed by atoms with Gasteiger partial charge in [0.1, 0.15) is 10.6 Å². The summed E-state index contributed by atoms with van der Waals surface area (Å²) >= 11 is 1.13. The third-order valence-corrected chi connectivity index (χ3v) is 5.92. The number of hydrogen-bond acceptors (Lipinski definition) is 5. The van der Waals surface area contributed by atoms with Crippen molar-refractivity contribution < 1.29 is 23.4 Å². The van der Waals surface area contributed by atoms with Gasteiger partial charge in [-0.15, -0.1) is 11.3 Å². The second-order valence-corrected chi connectivity index (χ2v) is 8.09. The van der Waals surface area contributed by atoms with Crippen LogP contribution >= 0.6 is 11.3 Å². The van der Waals surface area contributed by atoms with Gasteiger partial charge >= 0.3 is 6.61 Å². The van der Waals surface area contributed by atoms with Crippen molar-refractivity contribution in [1.82, 2.24) is 10.2 Å². The lowest BCUT2D eigenvalue weighted by Gasteiger charge is -2.24. The molecule has 1 fully saturated rings. The number of likely N-dealkylation sites (tertiary alicyclic amines) is 1. The van der Waals surface area contributed by atoms with E-state index in [-0.39, 0.29) is 29.8 Å². The van der Waals surface area contributed by atoms with Gasteiger partial charge in [-0.2, -0.15) is 8.78 Å². The Morgan fingerprint density at radius 2 is 2.14 bits per heavy atom. The Morgan fingerprint density at radius 3 is 2.86 bits per heavy atom. The summed E-state index contributed by atoms with van der Waals surface area (Å²) in [4.78, 5) is 15.6. The zero-order chi connectivity index (χ0) is 20.1. The molecule has 28 heavy (non-hydrogen) atoms. The predicted octanol–water partition coefficient (Wildman–Crippen LogP) is 3.54. The van der Waals surface area contributed by atoms with Gasteiger partial charge in [-0.05, 0) is 43.5 Å². The molecule has 1 aliphatic heterocycles. The Hall–Kier alpha value is -2.03. The van der Waals surface area contributed by atoms with E-state index in [4.69, 9.17) is 0 Å². The number of carbonyl (C=O) groups is 1. The Morgan fingerprint density at radius 1 is 1.39 bits per heavy atom. The van der Waals surface area contributed by atoms with E-state index in [9.17, 15) is 18.7 Å². The van der Waals surface area contributed by atoms with Crippen LogP contribution in [0.4, 0.5) is 8.78 Å². The fraction of sp³-hybridized carbons (Fsp3) is 0.450. The zero-order valence-corrected chi connectivity index (χ0v) is 16.5. The van der Waals surface area contributed by atoms with Crippen molar-refractivity contribution in [2.45, 2.75) is 45.5 Å². The van der Waals surface area contributed by atoms with E-state index in [1.54, 1.807) is 6.92 Å².